The molecule has 0 amide bonds. The molecule has 0 aromatic heterocycles. The smallest absolute Gasteiger partial charge is 0.309 e. The summed E-state index contributed by atoms with van der Waals surface area (Å²) in [6, 6.07) is 0. The van der Waals surface area contributed by atoms with Gasteiger partial charge in [0.2, 0.25) is 0 Å². The van der Waals surface area contributed by atoms with Crippen LogP contribution in [0, 0.1) is 11.8 Å². The fourth-order valence-corrected chi connectivity index (χ4v) is 2.04. The summed E-state index contributed by atoms with van der Waals surface area (Å²) in [5.41, 5.74) is 0. The Kier molecular flexibility index (Phi) is 10.3. The van der Waals surface area contributed by atoms with E-state index in [4.69, 9.17) is 9.47 Å². The lowest BCUT2D eigenvalue weighted by atomic mass is 9.87. The number of esters is 3. The molecule has 0 aromatic carbocycles. The molecule has 0 aromatic rings. The zero-order valence-electron chi connectivity index (χ0n) is 13.3. The maximum absolute atomic E-state index is 12.0. The van der Waals surface area contributed by atoms with Gasteiger partial charge in [0, 0.05) is 6.42 Å². The van der Waals surface area contributed by atoms with Gasteiger partial charge in [-0.25, -0.2) is 0 Å². The number of hydrogen-bond acceptors (Lipinski definition) is 6. The summed E-state index contributed by atoms with van der Waals surface area (Å²) in [4.78, 5) is 34.6. The number of methoxy groups -OCH3 is 1. The van der Waals surface area contributed by atoms with Gasteiger partial charge in [0.25, 0.3) is 0 Å². The quantitative estimate of drug-likeness (QED) is 0.454. The van der Waals surface area contributed by atoms with Crippen LogP contribution in [-0.4, -0.2) is 38.2 Å². The van der Waals surface area contributed by atoms with Crippen LogP contribution in [-0.2, 0) is 28.6 Å². The molecule has 21 heavy (non-hydrogen) atoms. The summed E-state index contributed by atoms with van der Waals surface area (Å²) in [6.07, 6.45) is 1.55. The molecule has 0 aliphatic heterocycles. The zero-order valence-corrected chi connectivity index (χ0v) is 13.3. The van der Waals surface area contributed by atoms with Gasteiger partial charge in [-0.05, 0) is 32.6 Å². The molecule has 0 fully saturated rings. The van der Waals surface area contributed by atoms with Gasteiger partial charge in [0.15, 0.2) is 0 Å². The Balaban J connectivity index is 4.51. The maximum atomic E-state index is 12.0. The third-order valence-electron chi connectivity index (χ3n) is 3.24. The molecule has 0 radical (unpaired) electrons. The number of hydrogen-bond donors (Lipinski definition) is 0. The molecule has 0 saturated heterocycles. The van der Waals surface area contributed by atoms with Crippen LogP contribution in [0.5, 0.6) is 0 Å². The molecule has 0 N–H and O–H groups in total. The lowest BCUT2D eigenvalue weighted by Gasteiger charge is -2.21. The van der Waals surface area contributed by atoms with Crippen molar-refractivity contribution in [2.75, 3.05) is 20.3 Å². The summed E-state index contributed by atoms with van der Waals surface area (Å²) in [6.45, 7) is 5.87. The van der Waals surface area contributed by atoms with E-state index in [1.807, 2.05) is 6.92 Å². The first kappa shape index (κ1) is 19.4. The molecular formula is C15H26O6. The Bertz CT molecular complexity index is 339. The van der Waals surface area contributed by atoms with Crippen molar-refractivity contribution in [2.45, 2.75) is 46.5 Å². The van der Waals surface area contributed by atoms with Crippen molar-refractivity contribution in [1.82, 2.24) is 0 Å². The van der Waals surface area contributed by atoms with E-state index in [9.17, 15) is 14.4 Å². The van der Waals surface area contributed by atoms with E-state index in [1.54, 1.807) is 13.8 Å². The van der Waals surface area contributed by atoms with E-state index in [0.717, 1.165) is 0 Å². The van der Waals surface area contributed by atoms with Gasteiger partial charge < -0.3 is 14.2 Å². The minimum Gasteiger partial charge on any atom is -0.469 e. The number of carbonyl (C=O) groups excluding carboxylic acids is 3. The van der Waals surface area contributed by atoms with Crippen LogP contribution in [0.15, 0.2) is 0 Å². The van der Waals surface area contributed by atoms with Gasteiger partial charge in [-0.3, -0.25) is 14.4 Å². The van der Waals surface area contributed by atoms with E-state index in [2.05, 4.69) is 4.74 Å². The Morgan fingerprint density at radius 3 is 2.14 bits per heavy atom. The summed E-state index contributed by atoms with van der Waals surface area (Å²) in [5, 5.41) is 0. The first-order chi connectivity index (χ1) is 9.96. The Labute approximate surface area is 126 Å². The van der Waals surface area contributed by atoms with Gasteiger partial charge in [0.1, 0.15) is 0 Å². The molecular weight excluding hydrogens is 276 g/mol. The fraction of sp³-hybridized carbons (Fsp3) is 0.800. The van der Waals surface area contributed by atoms with Gasteiger partial charge in [-0.1, -0.05) is 6.92 Å². The molecule has 2 unspecified atom stereocenters. The van der Waals surface area contributed by atoms with Crippen molar-refractivity contribution in [3.63, 3.8) is 0 Å². The van der Waals surface area contributed by atoms with Crippen molar-refractivity contribution >= 4 is 17.9 Å². The maximum Gasteiger partial charge on any atom is 0.309 e. The van der Waals surface area contributed by atoms with Crippen molar-refractivity contribution < 1.29 is 28.6 Å². The molecule has 0 saturated carbocycles. The van der Waals surface area contributed by atoms with E-state index in [1.165, 1.54) is 7.11 Å². The first-order valence-corrected chi connectivity index (χ1v) is 7.35. The van der Waals surface area contributed by atoms with E-state index < -0.39 is 17.9 Å². The second-order valence-electron chi connectivity index (χ2n) is 4.81. The molecule has 0 aliphatic carbocycles. The van der Waals surface area contributed by atoms with Crippen LogP contribution in [0.1, 0.15) is 46.5 Å². The summed E-state index contributed by atoms with van der Waals surface area (Å²) < 4.78 is 14.5. The van der Waals surface area contributed by atoms with Crippen molar-refractivity contribution in [1.29, 1.82) is 0 Å². The van der Waals surface area contributed by atoms with Crippen molar-refractivity contribution in [3.8, 4) is 0 Å². The lowest BCUT2D eigenvalue weighted by molar-refractivity contribution is -0.156. The molecule has 0 heterocycles. The number of carbonyl (C=O) groups is 3. The highest BCUT2D eigenvalue weighted by atomic mass is 16.5. The standard InChI is InChI=1S/C15H26O6/c1-5-20-14(17)10-12(15(18)21-6-2)11(3)8-7-9-13(16)19-4/h11-12H,5-10H2,1-4H3. The molecule has 6 heteroatoms. The molecule has 0 rings (SSSR count). The van der Waals surface area contributed by atoms with Crippen LogP contribution in [0.3, 0.4) is 0 Å². The van der Waals surface area contributed by atoms with E-state index in [-0.39, 0.29) is 31.5 Å². The van der Waals surface area contributed by atoms with Gasteiger partial charge in [-0.2, -0.15) is 0 Å². The zero-order chi connectivity index (χ0) is 16.3. The van der Waals surface area contributed by atoms with E-state index >= 15 is 0 Å². The second-order valence-corrected chi connectivity index (χ2v) is 4.81. The Hall–Kier alpha value is -1.59. The summed E-state index contributed by atoms with van der Waals surface area (Å²) in [7, 11) is 1.34. The SMILES string of the molecule is CCOC(=O)CC(C(=O)OCC)C(C)CCCC(=O)OC. The molecule has 0 aliphatic rings. The predicted molar refractivity (Wildman–Crippen MR) is 76.4 cm³/mol. The highest BCUT2D eigenvalue weighted by molar-refractivity contribution is 5.80. The average Bonchev–Trinajstić information content (AvgIpc) is 2.44. The van der Waals surface area contributed by atoms with Crippen LogP contribution in [0.25, 0.3) is 0 Å². The minimum absolute atomic E-state index is 0.00602. The van der Waals surface area contributed by atoms with Gasteiger partial charge in [0.05, 0.1) is 32.7 Å². The van der Waals surface area contributed by atoms with Gasteiger partial charge in [-0.15, -0.1) is 0 Å². The largest absolute Gasteiger partial charge is 0.469 e. The Morgan fingerprint density at radius 2 is 1.62 bits per heavy atom. The monoisotopic (exact) mass is 302 g/mol. The van der Waals surface area contributed by atoms with Crippen LogP contribution < -0.4 is 0 Å². The number of ether oxygens (including phenoxy) is 3. The number of rotatable bonds is 10. The molecule has 0 spiro atoms. The molecule has 6 nitrogen and oxygen atoms in total. The fourth-order valence-electron chi connectivity index (χ4n) is 2.04. The third-order valence-corrected chi connectivity index (χ3v) is 3.24. The molecule has 2 atom stereocenters. The van der Waals surface area contributed by atoms with Crippen LogP contribution in [0.2, 0.25) is 0 Å². The third kappa shape index (κ3) is 8.32. The predicted octanol–water partition coefficient (Wildman–Crippen LogP) is 2.10. The molecule has 122 valence electrons. The topological polar surface area (TPSA) is 78.9 Å². The second kappa shape index (κ2) is 11.1. The van der Waals surface area contributed by atoms with E-state index in [0.29, 0.717) is 19.3 Å². The van der Waals surface area contributed by atoms with Crippen LogP contribution >= 0.6 is 0 Å². The Morgan fingerprint density at radius 1 is 1.00 bits per heavy atom. The van der Waals surface area contributed by atoms with Gasteiger partial charge >= 0.3 is 17.9 Å². The average molecular weight is 302 g/mol. The summed E-state index contributed by atoms with van der Waals surface area (Å²) >= 11 is 0. The highest BCUT2D eigenvalue weighted by Crippen LogP contribution is 2.23. The summed E-state index contributed by atoms with van der Waals surface area (Å²) in [5.74, 6) is -1.69. The lowest BCUT2D eigenvalue weighted by Crippen LogP contribution is -2.28. The van der Waals surface area contributed by atoms with Crippen LogP contribution in [0.4, 0.5) is 0 Å². The molecule has 0 bridgehead atoms. The normalized spacial score (nSPS) is 13.1. The minimum atomic E-state index is -0.540. The first-order valence-electron chi connectivity index (χ1n) is 7.35. The highest BCUT2D eigenvalue weighted by Gasteiger charge is 2.29. The van der Waals surface area contributed by atoms with Crippen molar-refractivity contribution in [2.24, 2.45) is 11.8 Å². The van der Waals surface area contributed by atoms with Crippen molar-refractivity contribution in [3.05, 3.63) is 0 Å².